The second-order valence-corrected chi connectivity index (χ2v) is 7.01. The van der Waals surface area contributed by atoms with Gasteiger partial charge in [-0.3, -0.25) is 9.59 Å². The molecule has 2 aromatic carbocycles. The van der Waals surface area contributed by atoms with Crippen LogP contribution in [0.15, 0.2) is 60.0 Å². The second kappa shape index (κ2) is 9.66. The van der Waals surface area contributed by atoms with Gasteiger partial charge in [0.2, 0.25) is 5.91 Å². The first-order valence-electron chi connectivity index (χ1n) is 8.80. The van der Waals surface area contributed by atoms with Crippen molar-refractivity contribution in [3.8, 4) is 16.9 Å². The molecule has 7 heteroatoms. The fourth-order valence-corrected chi connectivity index (χ4v) is 3.39. The Bertz CT molecular complexity index is 923. The predicted octanol–water partition coefficient (Wildman–Crippen LogP) is 3.17. The zero-order chi connectivity index (χ0) is 19.8. The highest BCUT2D eigenvalue weighted by Gasteiger charge is 2.09. The van der Waals surface area contributed by atoms with E-state index in [-0.39, 0.29) is 18.7 Å². The molecular weight excluding hydrogens is 376 g/mol. The molecule has 0 saturated carbocycles. The van der Waals surface area contributed by atoms with Gasteiger partial charge in [-0.25, -0.2) is 4.98 Å². The van der Waals surface area contributed by atoms with E-state index in [9.17, 15) is 9.59 Å². The Morgan fingerprint density at radius 1 is 1.00 bits per heavy atom. The number of rotatable bonds is 9. The summed E-state index contributed by atoms with van der Waals surface area (Å²) in [5, 5.41) is 13.8. The number of nitrogens with zero attached hydrogens (tertiary/aromatic N) is 1. The van der Waals surface area contributed by atoms with Crippen molar-refractivity contribution in [3.63, 3.8) is 0 Å². The number of hydrogen-bond donors (Lipinski definition) is 2. The number of aliphatic carboxylic acids is 1. The Morgan fingerprint density at radius 3 is 2.43 bits per heavy atom. The lowest BCUT2D eigenvalue weighted by Crippen LogP contribution is -2.29. The number of benzene rings is 2. The predicted molar refractivity (Wildman–Crippen MR) is 108 cm³/mol. The fourth-order valence-electron chi connectivity index (χ4n) is 2.60. The minimum Gasteiger partial charge on any atom is -0.492 e. The Kier molecular flexibility index (Phi) is 6.75. The average Bonchev–Trinajstić information content (AvgIpc) is 3.12. The number of thiazole rings is 1. The highest BCUT2D eigenvalue weighted by Crippen LogP contribution is 2.21. The third-order valence-electron chi connectivity index (χ3n) is 3.90. The molecule has 0 saturated heterocycles. The number of carboxylic acids is 1. The van der Waals surface area contributed by atoms with Crippen molar-refractivity contribution >= 4 is 23.2 Å². The summed E-state index contributed by atoms with van der Waals surface area (Å²) in [6.45, 7) is 0.741. The number of nitrogens with one attached hydrogen (secondary N) is 1. The van der Waals surface area contributed by atoms with Gasteiger partial charge >= 0.3 is 5.97 Å². The summed E-state index contributed by atoms with van der Waals surface area (Å²) in [6, 6.07) is 17.9. The normalized spacial score (nSPS) is 10.4. The van der Waals surface area contributed by atoms with Crippen molar-refractivity contribution in [2.75, 3.05) is 13.2 Å². The van der Waals surface area contributed by atoms with Crippen LogP contribution in [-0.4, -0.2) is 35.1 Å². The molecule has 1 aromatic heterocycles. The topological polar surface area (TPSA) is 88.5 Å². The van der Waals surface area contributed by atoms with Crippen LogP contribution >= 0.6 is 11.3 Å². The lowest BCUT2D eigenvalue weighted by atomic mass is 10.1. The maximum Gasteiger partial charge on any atom is 0.309 e. The fraction of sp³-hybridized carbons (Fsp3) is 0.190. The molecule has 144 valence electrons. The van der Waals surface area contributed by atoms with Crippen LogP contribution in [0.4, 0.5) is 0 Å². The van der Waals surface area contributed by atoms with Crippen molar-refractivity contribution in [2.24, 2.45) is 0 Å². The van der Waals surface area contributed by atoms with E-state index < -0.39 is 5.97 Å². The van der Waals surface area contributed by atoms with Gasteiger partial charge in [0.1, 0.15) is 17.4 Å². The number of carbonyl (C=O) groups excluding carboxylic acids is 1. The van der Waals surface area contributed by atoms with Gasteiger partial charge < -0.3 is 15.2 Å². The molecule has 0 fully saturated rings. The van der Waals surface area contributed by atoms with E-state index in [2.05, 4.69) is 22.4 Å². The van der Waals surface area contributed by atoms with Crippen LogP contribution < -0.4 is 10.1 Å². The van der Waals surface area contributed by atoms with Crippen LogP contribution in [0.25, 0.3) is 11.1 Å². The molecule has 2 N–H and O–H groups in total. The summed E-state index contributed by atoms with van der Waals surface area (Å²) in [5.74, 6) is -0.360. The van der Waals surface area contributed by atoms with Gasteiger partial charge in [-0.05, 0) is 23.3 Å². The summed E-state index contributed by atoms with van der Waals surface area (Å²) in [6.07, 6.45) is 0.00504. The Labute approximate surface area is 166 Å². The third-order valence-corrected chi connectivity index (χ3v) is 4.80. The van der Waals surface area contributed by atoms with Crippen LogP contribution in [0, 0.1) is 0 Å². The summed E-state index contributed by atoms with van der Waals surface area (Å²) in [5.41, 5.74) is 2.74. The standard InChI is InChI=1S/C21H20N2O4S/c24-19(13-20-23-17(14-28-20)12-21(25)26)22-10-11-27-18-8-6-16(7-9-18)15-4-2-1-3-5-15/h1-9,14H,10-13H2,(H,22,24)(H,25,26). The molecule has 3 rings (SSSR count). The van der Waals surface area contributed by atoms with Gasteiger partial charge in [-0.15, -0.1) is 11.3 Å². The number of hydrogen-bond acceptors (Lipinski definition) is 5. The first-order chi connectivity index (χ1) is 13.6. The maximum absolute atomic E-state index is 11.9. The van der Waals surface area contributed by atoms with Crippen LogP contribution in [-0.2, 0) is 22.4 Å². The molecule has 0 aliphatic carbocycles. The van der Waals surface area contributed by atoms with Gasteiger partial charge in [0, 0.05) is 5.38 Å². The molecule has 0 radical (unpaired) electrons. The molecule has 0 bridgehead atoms. The smallest absolute Gasteiger partial charge is 0.309 e. The van der Waals surface area contributed by atoms with E-state index in [1.54, 1.807) is 5.38 Å². The first-order valence-corrected chi connectivity index (χ1v) is 9.68. The van der Waals surface area contributed by atoms with Gasteiger partial charge in [0.05, 0.1) is 25.1 Å². The van der Waals surface area contributed by atoms with E-state index in [0.29, 0.717) is 23.9 Å². The van der Waals surface area contributed by atoms with E-state index in [1.165, 1.54) is 11.3 Å². The average molecular weight is 396 g/mol. The molecule has 6 nitrogen and oxygen atoms in total. The number of carbonyl (C=O) groups is 2. The van der Waals surface area contributed by atoms with Crippen molar-refractivity contribution in [3.05, 3.63) is 70.7 Å². The van der Waals surface area contributed by atoms with E-state index in [4.69, 9.17) is 9.84 Å². The van der Waals surface area contributed by atoms with Crippen molar-refractivity contribution in [2.45, 2.75) is 12.8 Å². The molecule has 0 spiro atoms. The van der Waals surface area contributed by atoms with E-state index in [0.717, 1.165) is 16.9 Å². The SMILES string of the molecule is O=C(O)Cc1csc(CC(=O)NCCOc2ccc(-c3ccccc3)cc2)n1. The summed E-state index contributed by atoms with van der Waals surface area (Å²) < 4.78 is 5.65. The summed E-state index contributed by atoms with van der Waals surface area (Å²) in [7, 11) is 0. The van der Waals surface area contributed by atoms with Crippen LogP contribution in [0.2, 0.25) is 0 Å². The van der Waals surface area contributed by atoms with Crippen LogP contribution in [0.5, 0.6) is 5.75 Å². The maximum atomic E-state index is 11.9. The number of ether oxygens (including phenoxy) is 1. The highest BCUT2D eigenvalue weighted by atomic mass is 32.1. The highest BCUT2D eigenvalue weighted by molar-refractivity contribution is 7.09. The lowest BCUT2D eigenvalue weighted by molar-refractivity contribution is -0.136. The van der Waals surface area contributed by atoms with E-state index >= 15 is 0 Å². The molecule has 0 unspecified atom stereocenters. The number of amides is 1. The van der Waals surface area contributed by atoms with Crippen molar-refractivity contribution in [1.29, 1.82) is 0 Å². The Balaban J connectivity index is 1.39. The molecule has 3 aromatic rings. The quantitative estimate of drug-likeness (QED) is 0.543. The second-order valence-electron chi connectivity index (χ2n) is 6.07. The minimum absolute atomic E-state index is 0.130. The van der Waals surface area contributed by atoms with Gasteiger partial charge in [0.25, 0.3) is 0 Å². The zero-order valence-corrected chi connectivity index (χ0v) is 15.9. The minimum atomic E-state index is -0.935. The number of carboxylic acid groups (broad SMARTS) is 1. The van der Waals surface area contributed by atoms with Gasteiger partial charge in [-0.2, -0.15) is 0 Å². The molecular formula is C21H20N2O4S. The molecule has 0 atom stereocenters. The molecule has 28 heavy (non-hydrogen) atoms. The molecule has 0 aliphatic heterocycles. The van der Waals surface area contributed by atoms with E-state index in [1.807, 2.05) is 42.5 Å². The lowest BCUT2D eigenvalue weighted by Gasteiger charge is -2.08. The first kappa shape index (κ1) is 19.6. The van der Waals surface area contributed by atoms with Crippen molar-refractivity contribution < 1.29 is 19.4 Å². The Hall–Kier alpha value is -3.19. The molecule has 1 heterocycles. The number of aromatic nitrogens is 1. The summed E-state index contributed by atoms with van der Waals surface area (Å²) in [4.78, 5) is 26.7. The third kappa shape index (κ3) is 5.92. The van der Waals surface area contributed by atoms with Crippen LogP contribution in [0.1, 0.15) is 10.7 Å². The summed E-state index contributed by atoms with van der Waals surface area (Å²) >= 11 is 1.29. The van der Waals surface area contributed by atoms with Crippen LogP contribution in [0.3, 0.4) is 0 Å². The zero-order valence-electron chi connectivity index (χ0n) is 15.1. The Morgan fingerprint density at radius 2 is 1.71 bits per heavy atom. The van der Waals surface area contributed by atoms with Gasteiger partial charge in [0.15, 0.2) is 0 Å². The monoisotopic (exact) mass is 396 g/mol. The molecule has 0 aliphatic rings. The van der Waals surface area contributed by atoms with Gasteiger partial charge in [-0.1, -0.05) is 42.5 Å². The molecule has 1 amide bonds. The van der Waals surface area contributed by atoms with Crippen molar-refractivity contribution in [1.82, 2.24) is 10.3 Å². The largest absolute Gasteiger partial charge is 0.492 e.